The summed E-state index contributed by atoms with van der Waals surface area (Å²) in [6.45, 7) is 4.88. The smallest absolute Gasteiger partial charge is 0.243 e. The van der Waals surface area contributed by atoms with Crippen LogP contribution in [0.15, 0.2) is 53.4 Å². The van der Waals surface area contributed by atoms with E-state index in [1.807, 2.05) is 43.3 Å². The van der Waals surface area contributed by atoms with Gasteiger partial charge in [0, 0.05) is 24.6 Å². The minimum Gasteiger partial charge on any atom is -0.294 e. The summed E-state index contributed by atoms with van der Waals surface area (Å²) in [6, 6.07) is 14.9. The average molecular weight is 400 g/mol. The van der Waals surface area contributed by atoms with Gasteiger partial charge in [0.25, 0.3) is 0 Å². The van der Waals surface area contributed by atoms with Gasteiger partial charge in [-0.2, -0.15) is 4.31 Å². The minimum atomic E-state index is -3.49. The van der Waals surface area contributed by atoms with Crippen LogP contribution in [-0.2, 0) is 16.4 Å². The number of hydrogen-bond donors (Lipinski definition) is 0. The standard InChI is InChI=1S/C23H29NO3S/c1-3-4-5-19-8-10-20(11-9-19)23(25)21-14-16-24(17-15-21)28(26,27)22-12-6-18(2)7-13-22/h6-13,21H,3-5,14-17H2,1-2H3. The first-order chi connectivity index (χ1) is 13.4. The molecule has 0 bridgehead atoms. The Morgan fingerprint density at radius 2 is 1.61 bits per heavy atom. The normalized spacial score (nSPS) is 16.2. The number of carbonyl (C=O) groups excluding carboxylic acids is 1. The highest BCUT2D eigenvalue weighted by molar-refractivity contribution is 7.89. The van der Waals surface area contributed by atoms with Gasteiger partial charge in [-0.15, -0.1) is 0 Å². The van der Waals surface area contributed by atoms with E-state index in [0.29, 0.717) is 30.8 Å². The van der Waals surface area contributed by atoms with Crippen molar-refractivity contribution in [2.45, 2.75) is 50.8 Å². The SMILES string of the molecule is CCCCc1ccc(C(=O)C2CCN(S(=O)(=O)c3ccc(C)cc3)CC2)cc1. The van der Waals surface area contributed by atoms with Crippen LogP contribution in [-0.4, -0.2) is 31.6 Å². The summed E-state index contributed by atoms with van der Waals surface area (Å²) in [5.74, 6) is 0.0281. The third kappa shape index (κ3) is 4.70. The zero-order valence-corrected chi connectivity index (χ0v) is 17.5. The Morgan fingerprint density at radius 1 is 1.00 bits per heavy atom. The van der Waals surface area contributed by atoms with Crippen LogP contribution in [0.5, 0.6) is 0 Å². The molecule has 2 aromatic carbocycles. The summed E-state index contributed by atoms with van der Waals surface area (Å²) in [6.07, 6.45) is 4.50. The number of aryl methyl sites for hydroxylation is 2. The zero-order valence-electron chi connectivity index (χ0n) is 16.7. The fourth-order valence-corrected chi connectivity index (χ4v) is 5.14. The van der Waals surface area contributed by atoms with E-state index in [2.05, 4.69) is 6.92 Å². The fraction of sp³-hybridized carbons (Fsp3) is 0.435. The predicted molar refractivity (Wildman–Crippen MR) is 112 cm³/mol. The highest BCUT2D eigenvalue weighted by Gasteiger charge is 2.32. The number of sulfonamides is 1. The molecule has 1 heterocycles. The van der Waals surface area contributed by atoms with Crippen molar-refractivity contribution in [3.8, 4) is 0 Å². The molecule has 3 rings (SSSR count). The quantitative estimate of drug-likeness (QED) is 0.638. The van der Waals surface area contributed by atoms with Crippen LogP contribution in [0.3, 0.4) is 0 Å². The molecule has 0 radical (unpaired) electrons. The van der Waals surface area contributed by atoms with Crippen LogP contribution >= 0.6 is 0 Å². The Morgan fingerprint density at radius 3 is 2.18 bits per heavy atom. The molecule has 0 N–H and O–H groups in total. The molecule has 0 aromatic heterocycles. The van der Waals surface area contributed by atoms with Gasteiger partial charge in [0.1, 0.15) is 0 Å². The number of unbranched alkanes of at least 4 members (excludes halogenated alkanes) is 1. The average Bonchev–Trinajstić information content (AvgIpc) is 2.72. The second kappa shape index (κ2) is 9.01. The summed E-state index contributed by atoms with van der Waals surface area (Å²) in [7, 11) is -3.49. The lowest BCUT2D eigenvalue weighted by atomic mass is 9.89. The van der Waals surface area contributed by atoms with Crippen molar-refractivity contribution < 1.29 is 13.2 Å². The molecular weight excluding hydrogens is 370 g/mol. The molecule has 0 aliphatic carbocycles. The first-order valence-corrected chi connectivity index (χ1v) is 11.6. The number of Topliss-reactive ketones (excluding diaryl/α,β-unsaturated/α-hetero) is 1. The lowest BCUT2D eigenvalue weighted by molar-refractivity contribution is 0.0875. The van der Waals surface area contributed by atoms with E-state index in [9.17, 15) is 13.2 Å². The van der Waals surface area contributed by atoms with Crippen LogP contribution in [0.4, 0.5) is 0 Å². The van der Waals surface area contributed by atoms with Gasteiger partial charge in [0.05, 0.1) is 4.90 Å². The molecule has 0 spiro atoms. The molecule has 0 unspecified atom stereocenters. The largest absolute Gasteiger partial charge is 0.294 e. The van der Waals surface area contributed by atoms with Gasteiger partial charge >= 0.3 is 0 Å². The number of rotatable bonds is 7. The van der Waals surface area contributed by atoms with Gasteiger partial charge in [0.15, 0.2) is 5.78 Å². The van der Waals surface area contributed by atoms with Crippen molar-refractivity contribution >= 4 is 15.8 Å². The lowest BCUT2D eigenvalue weighted by Gasteiger charge is -2.30. The van der Waals surface area contributed by atoms with Crippen molar-refractivity contribution in [3.05, 3.63) is 65.2 Å². The van der Waals surface area contributed by atoms with Gasteiger partial charge in [-0.05, 0) is 50.3 Å². The Bertz CT molecular complexity index is 894. The molecule has 2 aromatic rings. The van der Waals surface area contributed by atoms with Crippen molar-refractivity contribution in [1.29, 1.82) is 0 Å². The zero-order chi connectivity index (χ0) is 20.1. The first-order valence-electron chi connectivity index (χ1n) is 10.1. The highest BCUT2D eigenvalue weighted by atomic mass is 32.2. The lowest BCUT2D eigenvalue weighted by Crippen LogP contribution is -2.40. The van der Waals surface area contributed by atoms with Crippen molar-refractivity contribution in [2.75, 3.05) is 13.1 Å². The second-order valence-electron chi connectivity index (χ2n) is 7.66. The Kier molecular flexibility index (Phi) is 6.68. The van der Waals surface area contributed by atoms with Gasteiger partial charge in [-0.3, -0.25) is 4.79 Å². The molecule has 5 heteroatoms. The second-order valence-corrected chi connectivity index (χ2v) is 9.59. The number of hydrogen-bond acceptors (Lipinski definition) is 3. The van der Waals surface area contributed by atoms with Crippen LogP contribution < -0.4 is 0 Å². The van der Waals surface area contributed by atoms with E-state index < -0.39 is 10.0 Å². The minimum absolute atomic E-state index is 0.106. The van der Waals surface area contributed by atoms with E-state index in [1.54, 1.807) is 12.1 Å². The van der Waals surface area contributed by atoms with Gasteiger partial charge < -0.3 is 0 Å². The van der Waals surface area contributed by atoms with E-state index in [4.69, 9.17) is 0 Å². The summed E-state index contributed by atoms with van der Waals surface area (Å²) in [5, 5.41) is 0. The van der Waals surface area contributed by atoms with Crippen molar-refractivity contribution in [1.82, 2.24) is 4.31 Å². The van der Waals surface area contributed by atoms with Gasteiger partial charge in [-0.25, -0.2) is 8.42 Å². The number of benzene rings is 2. The predicted octanol–water partition coefficient (Wildman–Crippen LogP) is 4.62. The molecule has 1 aliphatic rings. The maximum Gasteiger partial charge on any atom is 0.243 e. The number of piperidine rings is 1. The van der Waals surface area contributed by atoms with E-state index >= 15 is 0 Å². The van der Waals surface area contributed by atoms with Crippen molar-refractivity contribution in [3.63, 3.8) is 0 Å². The number of nitrogens with zero attached hydrogens (tertiary/aromatic N) is 1. The van der Waals surface area contributed by atoms with Gasteiger partial charge in [0.2, 0.25) is 10.0 Å². The van der Waals surface area contributed by atoms with Gasteiger partial charge in [-0.1, -0.05) is 55.3 Å². The first kappa shape index (κ1) is 20.7. The van der Waals surface area contributed by atoms with Crippen LogP contribution in [0, 0.1) is 12.8 Å². The molecule has 0 amide bonds. The molecule has 1 aliphatic heterocycles. The number of carbonyl (C=O) groups is 1. The third-order valence-corrected chi connectivity index (χ3v) is 7.45. The summed E-state index contributed by atoms with van der Waals surface area (Å²) in [4.78, 5) is 13.1. The third-order valence-electron chi connectivity index (χ3n) is 5.54. The monoisotopic (exact) mass is 399 g/mol. The Labute approximate surface area is 168 Å². The highest BCUT2D eigenvalue weighted by Crippen LogP contribution is 2.26. The maximum atomic E-state index is 12.8. The van der Waals surface area contributed by atoms with E-state index in [-0.39, 0.29) is 11.7 Å². The summed E-state index contributed by atoms with van der Waals surface area (Å²) in [5.41, 5.74) is 3.03. The van der Waals surface area contributed by atoms with Crippen LogP contribution in [0.2, 0.25) is 0 Å². The molecule has 4 nitrogen and oxygen atoms in total. The summed E-state index contributed by atoms with van der Waals surface area (Å²) < 4.78 is 27.1. The molecule has 0 saturated carbocycles. The Hall–Kier alpha value is -1.98. The number of ketones is 1. The van der Waals surface area contributed by atoms with E-state index in [1.165, 1.54) is 9.87 Å². The van der Waals surface area contributed by atoms with Crippen LogP contribution in [0.25, 0.3) is 0 Å². The van der Waals surface area contributed by atoms with Crippen molar-refractivity contribution in [2.24, 2.45) is 5.92 Å². The molecular formula is C23H29NO3S. The Balaban J connectivity index is 1.61. The molecule has 28 heavy (non-hydrogen) atoms. The molecule has 0 atom stereocenters. The molecule has 150 valence electrons. The molecule has 1 saturated heterocycles. The van der Waals surface area contributed by atoms with Crippen LogP contribution in [0.1, 0.15) is 54.1 Å². The molecule has 1 fully saturated rings. The summed E-state index contributed by atoms with van der Waals surface area (Å²) >= 11 is 0. The topological polar surface area (TPSA) is 54.5 Å². The fourth-order valence-electron chi connectivity index (χ4n) is 3.67. The maximum absolute atomic E-state index is 12.8. The van der Waals surface area contributed by atoms with E-state index in [0.717, 1.165) is 30.4 Å².